The van der Waals surface area contributed by atoms with Crippen molar-refractivity contribution in [2.45, 2.75) is 49.0 Å². The molecular weight excluding hydrogens is 258 g/mol. The van der Waals surface area contributed by atoms with Crippen molar-refractivity contribution >= 4 is 17.6 Å². The number of nitrogens with two attached hydrogens (primary N) is 1. The Morgan fingerprint density at radius 1 is 1.53 bits per heavy atom. The Morgan fingerprint density at radius 3 is 3.05 bits per heavy atom. The number of nitrogen functional groups attached to an aromatic ring is 1. The minimum Gasteiger partial charge on any atom is -0.384 e. The van der Waals surface area contributed by atoms with Gasteiger partial charge in [0.15, 0.2) is 0 Å². The van der Waals surface area contributed by atoms with Gasteiger partial charge in [-0.3, -0.25) is 5.41 Å². The fourth-order valence-corrected chi connectivity index (χ4v) is 3.98. The van der Waals surface area contributed by atoms with Gasteiger partial charge < -0.3 is 10.5 Å². The van der Waals surface area contributed by atoms with Gasteiger partial charge >= 0.3 is 0 Å². The SMILES string of the molecule is CC1OCCC1Sc1nc2c(cc1C(=N)N)CCC2. The van der Waals surface area contributed by atoms with E-state index in [1.807, 2.05) is 0 Å². The number of aromatic nitrogens is 1. The molecule has 1 fully saturated rings. The second-order valence-corrected chi connectivity index (χ2v) is 6.46. The smallest absolute Gasteiger partial charge is 0.125 e. The van der Waals surface area contributed by atoms with Gasteiger partial charge in [0.05, 0.1) is 6.10 Å². The molecule has 1 aliphatic carbocycles. The molecule has 0 bridgehead atoms. The Bertz CT molecular complexity index is 518. The van der Waals surface area contributed by atoms with E-state index < -0.39 is 0 Å². The first-order chi connectivity index (χ1) is 9.15. The molecule has 19 heavy (non-hydrogen) atoms. The number of amidine groups is 1. The fraction of sp³-hybridized carbons (Fsp3) is 0.571. The molecule has 1 aromatic rings. The van der Waals surface area contributed by atoms with Gasteiger partial charge in [-0.2, -0.15) is 0 Å². The Balaban J connectivity index is 1.92. The molecule has 3 N–H and O–H groups in total. The highest BCUT2D eigenvalue weighted by Crippen LogP contribution is 2.35. The minimum atomic E-state index is 0.122. The molecule has 1 aliphatic heterocycles. The number of ether oxygens (including phenoxy) is 1. The summed E-state index contributed by atoms with van der Waals surface area (Å²) in [6, 6.07) is 2.07. The number of rotatable bonds is 3. The normalized spacial score (nSPS) is 25.5. The zero-order chi connectivity index (χ0) is 13.4. The van der Waals surface area contributed by atoms with Gasteiger partial charge in [-0.05, 0) is 44.2 Å². The first kappa shape index (κ1) is 12.9. The third kappa shape index (κ3) is 2.49. The predicted octanol–water partition coefficient (Wildman–Crippen LogP) is 2.12. The van der Waals surface area contributed by atoms with Crippen molar-refractivity contribution in [2.24, 2.45) is 5.73 Å². The summed E-state index contributed by atoms with van der Waals surface area (Å²) in [4.78, 5) is 4.76. The molecule has 2 unspecified atom stereocenters. The van der Waals surface area contributed by atoms with E-state index in [9.17, 15) is 0 Å². The van der Waals surface area contributed by atoms with Crippen molar-refractivity contribution < 1.29 is 4.74 Å². The predicted molar refractivity (Wildman–Crippen MR) is 77.0 cm³/mol. The van der Waals surface area contributed by atoms with E-state index in [1.54, 1.807) is 11.8 Å². The number of aryl methyl sites for hydroxylation is 2. The summed E-state index contributed by atoms with van der Waals surface area (Å²) in [5, 5.41) is 9.09. The Morgan fingerprint density at radius 2 is 2.37 bits per heavy atom. The van der Waals surface area contributed by atoms with E-state index in [0.717, 1.165) is 42.9 Å². The van der Waals surface area contributed by atoms with Gasteiger partial charge in [-0.15, -0.1) is 0 Å². The van der Waals surface area contributed by atoms with Crippen LogP contribution in [-0.2, 0) is 17.6 Å². The van der Waals surface area contributed by atoms with Crippen LogP contribution in [0.5, 0.6) is 0 Å². The molecule has 4 nitrogen and oxygen atoms in total. The van der Waals surface area contributed by atoms with Crippen LogP contribution in [-0.4, -0.2) is 28.8 Å². The molecule has 2 heterocycles. The monoisotopic (exact) mass is 277 g/mol. The Kier molecular flexibility index (Phi) is 3.50. The number of hydrogen-bond donors (Lipinski definition) is 2. The zero-order valence-electron chi connectivity index (χ0n) is 11.1. The van der Waals surface area contributed by atoms with Crippen LogP contribution in [0.15, 0.2) is 11.1 Å². The van der Waals surface area contributed by atoms with Crippen LogP contribution in [0.25, 0.3) is 0 Å². The third-order valence-corrected chi connectivity index (χ3v) is 5.33. The topological polar surface area (TPSA) is 72.0 Å². The van der Waals surface area contributed by atoms with Gasteiger partial charge in [0.1, 0.15) is 10.9 Å². The lowest BCUT2D eigenvalue weighted by Gasteiger charge is -2.16. The van der Waals surface area contributed by atoms with Crippen molar-refractivity contribution in [3.63, 3.8) is 0 Å². The van der Waals surface area contributed by atoms with Crippen molar-refractivity contribution in [1.29, 1.82) is 5.41 Å². The number of thioether (sulfide) groups is 1. The molecule has 0 amide bonds. The van der Waals surface area contributed by atoms with Gasteiger partial charge in [-0.1, -0.05) is 11.8 Å². The molecule has 1 aromatic heterocycles. The van der Waals surface area contributed by atoms with E-state index in [4.69, 9.17) is 20.9 Å². The van der Waals surface area contributed by atoms with Crippen LogP contribution < -0.4 is 5.73 Å². The maximum Gasteiger partial charge on any atom is 0.125 e. The molecular formula is C14H19N3OS. The van der Waals surface area contributed by atoms with Gasteiger partial charge in [-0.25, -0.2) is 4.98 Å². The fourth-order valence-electron chi connectivity index (χ4n) is 2.75. The van der Waals surface area contributed by atoms with Gasteiger partial charge in [0.2, 0.25) is 0 Å². The summed E-state index contributed by atoms with van der Waals surface area (Å²) < 4.78 is 5.60. The van der Waals surface area contributed by atoms with E-state index in [-0.39, 0.29) is 11.9 Å². The van der Waals surface area contributed by atoms with Crippen LogP contribution in [0.3, 0.4) is 0 Å². The zero-order valence-corrected chi connectivity index (χ0v) is 11.9. The molecule has 5 heteroatoms. The number of hydrogen-bond acceptors (Lipinski definition) is 4. The average molecular weight is 277 g/mol. The molecule has 0 spiro atoms. The molecule has 0 saturated carbocycles. The molecule has 0 radical (unpaired) electrons. The molecule has 102 valence electrons. The number of nitrogens with zero attached hydrogens (tertiary/aromatic N) is 1. The van der Waals surface area contributed by atoms with Gasteiger partial charge in [0, 0.05) is 23.1 Å². The molecule has 2 aliphatic rings. The third-order valence-electron chi connectivity index (χ3n) is 3.88. The van der Waals surface area contributed by atoms with E-state index in [0.29, 0.717) is 5.25 Å². The lowest BCUT2D eigenvalue weighted by atomic mass is 10.1. The van der Waals surface area contributed by atoms with Crippen LogP contribution >= 0.6 is 11.8 Å². The van der Waals surface area contributed by atoms with Crippen LogP contribution in [0.1, 0.15) is 36.6 Å². The maximum atomic E-state index is 7.76. The van der Waals surface area contributed by atoms with E-state index >= 15 is 0 Å². The second-order valence-electron chi connectivity index (χ2n) is 5.24. The summed E-state index contributed by atoms with van der Waals surface area (Å²) in [7, 11) is 0. The van der Waals surface area contributed by atoms with Crippen molar-refractivity contribution in [3.8, 4) is 0 Å². The first-order valence-corrected chi connectivity index (χ1v) is 7.68. The molecule has 0 aromatic carbocycles. The number of fused-ring (bicyclic) bond motifs is 1. The highest BCUT2D eigenvalue weighted by Gasteiger charge is 2.28. The highest BCUT2D eigenvalue weighted by atomic mass is 32.2. The second kappa shape index (κ2) is 5.13. The van der Waals surface area contributed by atoms with Crippen LogP contribution in [0.4, 0.5) is 0 Å². The van der Waals surface area contributed by atoms with E-state index in [2.05, 4.69) is 13.0 Å². The lowest BCUT2D eigenvalue weighted by Crippen LogP contribution is -2.18. The van der Waals surface area contributed by atoms with E-state index in [1.165, 1.54) is 11.3 Å². The number of nitrogens with one attached hydrogen (secondary N) is 1. The summed E-state index contributed by atoms with van der Waals surface area (Å²) in [5.41, 5.74) is 8.97. The molecule has 3 rings (SSSR count). The summed E-state index contributed by atoms with van der Waals surface area (Å²) in [6.45, 7) is 2.92. The van der Waals surface area contributed by atoms with Crippen molar-refractivity contribution in [3.05, 3.63) is 22.9 Å². The average Bonchev–Trinajstić information content (AvgIpc) is 2.97. The maximum absolute atomic E-state index is 7.76. The first-order valence-electron chi connectivity index (χ1n) is 6.80. The largest absolute Gasteiger partial charge is 0.384 e. The number of pyridine rings is 1. The molecule has 1 saturated heterocycles. The summed E-state index contributed by atoms with van der Waals surface area (Å²) in [6.07, 6.45) is 4.58. The minimum absolute atomic E-state index is 0.122. The standard InChI is InChI=1S/C14H19N3OS/c1-8-12(5-6-18-8)19-14-10(13(15)16)7-9-3-2-4-11(9)17-14/h7-8,12H,2-6H2,1H3,(H3,15,16). The Hall–Kier alpha value is -1.07. The van der Waals surface area contributed by atoms with Crippen molar-refractivity contribution in [2.75, 3.05) is 6.61 Å². The van der Waals surface area contributed by atoms with Crippen LogP contribution in [0, 0.1) is 5.41 Å². The van der Waals surface area contributed by atoms with Crippen molar-refractivity contribution in [1.82, 2.24) is 4.98 Å². The highest BCUT2D eigenvalue weighted by molar-refractivity contribution is 8.00. The van der Waals surface area contributed by atoms with Crippen LogP contribution in [0.2, 0.25) is 0 Å². The van der Waals surface area contributed by atoms with Gasteiger partial charge in [0.25, 0.3) is 0 Å². The summed E-state index contributed by atoms with van der Waals surface area (Å²) >= 11 is 1.72. The molecule has 2 atom stereocenters. The Labute approximate surface area is 117 Å². The quantitative estimate of drug-likeness (QED) is 0.656. The summed E-state index contributed by atoms with van der Waals surface area (Å²) in [5.74, 6) is 0.122. The lowest BCUT2D eigenvalue weighted by molar-refractivity contribution is 0.127.